The van der Waals surface area contributed by atoms with Gasteiger partial charge in [0.1, 0.15) is 5.82 Å². The lowest BCUT2D eigenvalue weighted by Gasteiger charge is -2.16. The summed E-state index contributed by atoms with van der Waals surface area (Å²) in [4.78, 5) is 6.21. The zero-order valence-corrected chi connectivity index (χ0v) is 10.6. The van der Waals surface area contributed by atoms with Crippen molar-refractivity contribution in [1.29, 1.82) is 0 Å². The van der Waals surface area contributed by atoms with Crippen LogP contribution in [0.5, 0.6) is 0 Å². The van der Waals surface area contributed by atoms with Crippen LogP contribution in [0.25, 0.3) is 0 Å². The summed E-state index contributed by atoms with van der Waals surface area (Å²) in [6.07, 6.45) is 6.64. The quantitative estimate of drug-likeness (QED) is 0.782. The van der Waals surface area contributed by atoms with Crippen molar-refractivity contribution < 1.29 is 4.39 Å². The Kier molecular flexibility index (Phi) is 4.47. The predicted octanol–water partition coefficient (Wildman–Crippen LogP) is 2.54. The Morgan fingerprint density at radius 2 is 2.28 bits per heavy atom. The number of aryl methyl sites for hydroxylation is 1. The van der Waals surface area contributed by atoms with E-state index in [0.717, 1.165) is 31.6 Å². The fraction of sp³-hybridized carbons (Fsp3) is 0.357. The maximum Gasteiger partial charge on any atom is 0.123 e. The van der Waals surface area contributed by atoms with Gasteiger partial charge in [-0.05, 0) is 37.7 Å². The molecule has 96 valence electrons. The van der Waals surface area contributed by atoms with Crippen LogP contribution in [0.3, 0.4) is 0 Å². The monoisotopic (exact) mass is 247 g/mol. The maximum atomic E-state index is 13.0. The molecule has 0 fully saturated rings. The van der Waals surface area contributed by atoms with Gasteiger partial charge < -0.3 is 9.47 Å². The average Bonchev–Trinajstić information content (AvgIpc) is 2.82. The summed E-state index contributed by atoms with van der Waals surface area (Å²) in [5, 5.41) is 0. The molecular formula is C14H18FN3. The first kappa shape index (κ1) is 12.8. The molecule has 1 aromatic carbocycles. The molecule has 18 heavy (non-hydrogen) atoms. The maximum absolute atomic E-state index is 13.0. The van der Waals surface area contributed by atoms with Gasteiger partial charge in [0.2, 0.25) is 0 Å². The van der Waals surface area contributed by atoms with Gasteiger partial charge in [-0.3, -0.25) is 0 Å². The van der Waals surface area contributed by atoms with E-state index in [2.05, 4.69) is 21.5 Å². The Hall–Kier alpha value is -1.68. The first-order chi connectivity index (χ1) is 8.74. The van der Waals surface area contributed by atoms with Gasteiger partial charge in [-0.15, -0.1) is 0 Å². The molecule has 2 rings (SSSR count). The van der Waals surface area contributed by atoms with Crippen LogP contribution in [0, 0.1) is 5.82 Å². The van der Waals surface area contributed by atoms with E-state index in [1.165, 1.54) is 6.07 Å². The second kappa shape index (κ2) is 6.31. The topological polar surface area (TPSA) is 21.1 Å². The molecular weight excluding hydrogens is 229 g/mol. The van der Waals surface area contributed by atoms with Gasteiger partial charge in [-0.2, -0.15) is 0 Å². The molecule has 4 heteroatoms. The van der Waals surface area contributed by atoms with Crippen molar-refractivity contribution in [1.82, 2.24) is 14.5 Å². The molecule has 3 nitrogen and oxygen atoms in total. The Labute approximate surface area is 107 Å². The van der Waals surface area contributed by atoms with Crippen molar-refractivity contribution in [3.05, 3.63) is 54.4 Å². The number of halogens is 1. The first-order valence-corrected chi connectivity index (χ1v) is 6.13. The molecule has 0 bridgehead atoms. The van der Waals surface area contributed by atoms with Crippen molar-refractivity contribution in [3.8, 4) is 0 Å². The predicted molar refractivity (Wildman–Crippen MR) is 69.6 cm³/mol. The van der Waals surface area contributed by atoms with Crippen molar-refractivity contribution >= 4 is 0 Å². The SMILES string of the molecule is CN(CCCn1ccnc1)Cc1cccc(F)c1. The van der Waals surface area contributed by atoms with Crippen molar-refractivity contribution in [2.75, 3.05) is 13.6 Å². The molecule has 0 unspecified atom stereocenters. The lowest BCUT2D eigenvalue weighted by Crippen LogP contribution is -2.20. The summed E-state index contributed by atoms with van der Waals surface area (Å²) in [5.41, 5.74) is 1.01. The number of hydrogen-bond acceptors (Lipinski definition) is 2. The summed E-state index contributed by atoms with van der Waals surface area (Å²) in [5.74, 6) is -0.167. The van der Waals surface area contributed by atoms with Crippen molar-refractivity contribution in [2.24, 2.45) is 0 Å². The number of imidazole rings is 1. The highest BCUT2D eigenvalue weighted by Gasteiger charge is 2.01. The molecule has 0 radical (unpaired) electrons. The largest absolute Gasteiger partial charge is 0.337 e. The van der Waals surface area contributed by atoms with Crippen LogP contribution >= 0.6 is 0 Å². The zero-order chi connectivity index (χ0) is 12.8. The molecule has 1 heterocycles. The second-order valence-corrected chi connectivity index (χ2v) is 4.52. The fourth-order valence-electron chi connectivity index (χ4n) is 1.97. The lowest BCUT2D eigenvalue weighted by atomic mass is 10.2. The third-order valence-corrected chi connectivity index (χ3v) is 2.86. The highest BCUT2D eigenvalue weighted by atomic mass is 19.1. The van der Waals surface area contributed by atoms with E-state index in [1.54, 1.807) is 18.3 Å². The summed E-state index contributed by atoms with van der Waals surface area (Å²) in [6, 6.07) is 6.77. The van der Waals surface area contributed by atoms with E-state index in [9.17, 15) is 4.39 Å². The highest BCUT2D eigenvalue weighted by molar-refractivity contribution is 5.15. The summed E-state index contributed by atoms with van der Waals surface area (Å²) >= 11 is 0. The minimum absolute atomic E-state index is 0.167. The molecule has 0 atom stereocenters. The number of benzene rings is 1. The normalized spacial score (nSPS) is 11.1. The Morgan fingerprint density at radius 3 is 3.00 bits per heavy atom. The van der Waals surface area contributed by atoms with Crippen molar-refractivity contribution in [3.63, 3.8) is 0 Å². The van der Waals surface area contributed by atoms with E-state index in [-0.39, 0.29) is 5.82 Å². The van der Waals surface area contributed by atoms with Gasteiger partial charge in [-0.1, -0.05) is 12.1 Å². The van der Waals surface area contributed by atoms with Crippen LogP contribution in [0.2, 0.25) is 0 Å². The minimum Gasteiger partial charge on any atom is -0.337 e. The molecule has 2 aromatic rings. The van der Waals surface area contributed by atoms with Gasteiger partial charge in [0.05, 0.1) is 6.33 Å². The van der Waals surface area contributed by atoms with E-state index in [1.807, 2.05) is 18.6 Å². The third-order valence-electron chi connectivity index (χ3n) is 2.86. The Bertz CT molecular complexity index is 468. The molecule has 0 saturated carbocycles. The van der Waals surface area contributed by atoms with Gasteiger partial charge in [-0.25, -0.2) is 9.37 Å². The molecule has 1 aromatic heterocycles. The third kappa shape index (κ3) is 3.96. The number of rotatable bonds is 6. The summed E-state index contributed by atoms with van der Waals surface area (Å²) in [6.45, 7) is 2.73. The second-order valence-electron chi connectivity index (χ2n) is 4.52. The average molecular weight is 247 g/mol. The summed E-state index contributed by atoms with van der Waals surface area (Å²) in [7, 11) is 2.05. The van der Waals surface area contributed by atoms with Crippen LogP contribution < -0.4 is 0 Å². The summed E-state index contributed by atoms with van der Waals surface area (Å²) < 4.78 is 15.1. The van der Waals surface area contributed by atoms with E-state index in [0.29, 0.717) is 0 Å². The van der Waals surface area contributed by atoms with Gasteiger partial charge in [0.25, 0.3) is 0 Å². The standard InChI is InChI=1S/C14H18FN3/c1-17(7-3-8-18-9-6-16-12-18)11-13-4-2-5-14(15)10-13/h2,4-6,9-10,12H,3,7-8,11H2,1H3. The minimum atomic E-state index is -0.167. The van der Waals surface area contributed by atoms with Crippen LogP contribution in [-0.4, -0.2) is 28.0 Å². The van der Waals surface area contributed by atoms with Crippen LogP contribution in [0.1, 0.15) is 12.0 Å². The highest BCUT2D eigenvalue weighted by Crippen LogP contribution is 2.06. The molecule has 0 saturated heterocycles. The fourth-order valence-corrected chi connectivity index (χ4v) is 1.97. The van der Waals surface area contributed by atoms with Gasteiger partial charge in [0.15, 0.2) is 0 Å². The Balaban J connectivity index is 1.73. The first-order valence-electron chi connectivity index (χ1n) is 6.13. The molecule has 0 amide bonds. The van der Waals surface area contributed by atoms with Crippen molar-refractivity contribution in [2.45, 2.75) is 19.5 Å². The van der Waals surface area contributed by atoms with Gasteiger partial charge in [0, 0.05) is 25.5 Å². The number of hydrogen-bond donors (Lipinski definition) is 0. The molecule has 0 aliphatic carbocycles. The van der Waals surface area contributed by atoms with Crippen LogP contribution in [0.15, 0.2) is 43.0 Å². The number of aromatic nitrogens is 2. The zero-order valence-electron chi connectivity index (χ0n) is 10.6. The molecule has 0 aliphatic heterocycles. The van der Waals surface area contributed by atoms with E-state index < -0.39 is 0 Å². The smallest absolute Gasteiger partial charge is 0.123 e. The molecule has 0 spiro atoms. The lowest BCUT2D eigenvalue weighted by molar-refractivity contribution is 0.314. The van der Waals surface area contributed by atoms with Crippen LogP contribution in [0.4, 0.5) is 4.39 Å². The molecule has 0 aliphatic rings. The van der Waals surface area contributed by atoms with Crippen LogP contribution in [-0.2, 0) is 13.1 Å². The van der Waals surface area contributed by atoms with E-state index in [4.69, 9.17) is 0 Å². The Morgan fingerprint density at radius 1 is 1.39 bits per heavy atom. The number of nitrogens with zero attached hydrogens (tertiary/aromatic N) is 3. The molecule has 0 N–H and O–H groups in total. The van der Waals surface area contributed by atoms with E-state index >= 15 is 0 Å². The van der Waals surface area contributed by atoms with Gasteiger partial charge >= 0.3 is 0 Å².